The second kappa shape index (κ2) is 7.13. The van der Waals surface area contributed by atoms with Gasteiger partial charge in [-0.15, -0.1) is 12.4 Å². The number of hydrogen-bond donors (Lipinski definition) is 2. The van der Waals surface area contributed by atoms with Crippen molar-refractivity contribution in [3.8, 4) is 0 Å². The van der Waals surface area contributed by atoms with Crippen molar-refractivity contribution in [1.82, 2.24) is 5.32 Å². The molecule has 5 rings (SSSR count). The highest BCUT2D eigenvalue weighted by atomic mass is 35.5. The van der Waals surface area contributed by atoms with Crippen LogP contribution in [-0.4, -0.2) is 32.2 Å². The molecule has 0 unspecified atom stereocenters. The maximum absolute atomic E-state index is 12.7. The lowest BCUT2D eigenvalue weighted by Crippen LogP contribution is -2.51. The lowest BCUT2D eigenvalue weighted by atomic mass is 9.49. The molecule has 1 saturated heterocycles. The van der Waals surface area contributed by atoms with E-state index in [1.54, 1.807) is 0 Å². The second-order valence-corrected chi connectivity index (χ2v) is 9.02. The number of nitrogens with one attached hydrogen (secondary N) is 1. The van der Waals surface area contributed by atoms with Gasteiger partial charge in [0.05, 0.1) is 5.41 Å². The highest BCUT2D eigenvalue weighted by Crippen LogP contribution is 2.61. The Labute approximate surface area is 152 Å². The Hall–Kier alpha value is -0.320. The first-order valence-electron chi connectivity index (χ1n) is 9.69. The van der Waals surface area contributed by atoms with Gasteiger partial charge in [0.2, 0.25) is 5.91 Å². The Morgan fingerprint density at radius 1 is 1.04 bits per heavy atom. The van der Waals surface area contributed by atoms with Gasteiger partial charge in [-0.3, -0.25) is 4.79 Å². The van der Waals surface area contributed by atoms with Crippen LogP contribution in [0.1, 0.15) is 57.8 Å². The molecule has 0 spiro atoms. The summed E-state index contributed by atoms with van der Waals surface area (Å²) in [6, 6.07) is 0. The summed E-state index contributed by atoms with van der Waals surface area (Å²) in [4.78, 5) is 12.7. The Morgan fingerprint density at radius 3 is 2.08 bits per heavy atom. The molecule has 1 heterocycles. The summed E-state index contributed by atoms with van der Waals surface area (Å²) in [5, 5.41) is 3.24. The van der Waals surface area contributed by atoms with Crippen molar-refractivity contribution in [2.45, 2.75) is 57.8 Å². The third-order valence-corrected chi connectivity index (χ3v) is 7.43. The SMILES string of the molecule is Cl.NCC1(C(=O)NCCC23CC4CC(CC(C4)C2)C3)CCOCC1. The van der Waals surface area contributed by atoms with E-state index in [-0.39, 0.29) is 23.7 Å². The van der Waals surface area contributed by atoms with E-state index in [1.807, 2.05) is 0 Å². The van der Waals surface area contributed by atoms with E-state index in [4.69, 9.17) is 10.5 Å². The normalized spacial score (nSPS) is 39.3. The standard InChI is InChI=1S/C19H32N2O2.ClH/c20-13-19(2-5-23-6-3-19)17(22)21-4-1-18-10-14-7-15(11-18)9-16(8-14)12-18;/h14-16H,1-13,20H2,(H,21,22);1H. The van der Waals surface area contributed by atoms with Crippen LogP contribution in [0.3, 0.4) is 0 Å². The average Bonchev–Trinajstić information content (AvgIpc) is 2.54. The Balaban J connectivity index is 0.00000169. The van der Waals surface area contributed by atoms with Gasteiger partial charge in [0.15, 0.2) is 0 Å². The number of ether oxygens (including phenoxy) is 1. The molecule has 4 bridgehead atoms. The zero-order chi connectivity index (χ0) is 15.9. The zero-order valence-electron chi connectivity index (χ0n) is 14.7. The fraction of sp³-hybridized carbons (Fsp3) is 0.947. The van der Waals surface area contributed by atoms with Crippen LogP contribution in [-0.2, 0) is 9.53 Å². The van der Waals surface area contributed by atoms with E-state index < -0.39 is 0 Å². The van der Waals surface area contributed by atoms with Gasteiger partial charge in [0.1, 0.15) is 0 Å². The van der Waals surface area contributed by atoms with Gasteiger partial charge >= 0.3 is 0 Å². The number of carbonyl (C=O) groups is 1. The van der Waals surface area contributed by atoms with Crippen LogP contribution in [0.4, 0.5) is 0 Å². The first-order chi connectivity index (χ1) is 11.1. The fourth-order valence-electron chi connectivity index (χ4n) is 6.51. The van der Waals surface area contributed by atoms with Crippen molar-refractivity contribution in [2.24, 2.45) is 34.3 Å². The predicted octanol–water partition coefficient (Wildman–Crippen LogP) is 2.89. The van der Waals surface area contributed by atoms with Crippen molar-refractivity contribution in [3.05, 3.63) is 0 Å². The summed E-state index contributed by atoms with van der Waals surface area (Å²) < 4.78 is 5.41. The van der Waals surface area contributed by atoms with Crippen molar-refractivity contribution < 1.29 is 9.53 Å². The summed E-state index contributed by atoms with van der Waals surface area (Å²) in [5.41, 5.74) is 6.11. The molecule has 4 saturated carbocycles. The maximum atomic E-state index is 12.7. The third-order valence-electron chi connectivity index (χ3n) is 7.43. The molecule has 0 radical (unpaired) electrons. The molecule has 3 N–H and O–H groups in total. The van der Waals surface area contributed by atoms with Crippen LogP contribution < -0.4 is 11.1 Å². The van der Waals surface area contributed by atoms with Gasteiger partial charge < -0.3 is 15.8 Å². The first kappa shape index (κ1) is 18.5. The Morgan fingerprint density at radius 2 is 1.58 bits per heavy atom. The summed E-state index contributed by atoms with van der Waals surface area (Å²) in [5.74, 6) is 3.14. The third kappa shape index (κ3) is 3.34. The van der Waals surface area contributed by atoms with Crippen molar-refractivity contribution in [2.75, 3.05) is 26.3 Å². The highest BCUT2D eigenvalue weighted by Gasteiger charge is 2.50. The van der Waals surface area contributed by atoms with Gasteiger partial charge in [-0.05, 0) is 81.0 Å². The topological polar surface area (TPSA) is 64.4 Å². The van der Waals surface area contributed by atoms with E-state index in [1.165, 1.54) is 44.9 Å². The highest BCUT2D eigenvalue weighted by molar-refractivity contribution is 5.85. The fourth-order valence-corrected chi connectivity index (χ4v) is 6.51. The Kier molecular flexibility index (Phi) is 5.48. The summed E-state index contributed by atoms with van der Waals surface area (Å²) >= 11 is 0. The van der Waals surface area contributed by atoms with E-state index in [0.29, 0.717) is 25.2 Å². The molecule has 4 aliphatic carbocycles. The van der Waals surface area contributed by atoms with E-state index in [0.717, 1.165) is 37.1 Å². The summed E-state index contributed by atoms with van der Waals surface area (Å²) in [6.07, 6.45) is 11.4. The van der Waals surface area contributed by atoms with Gasteiger partial charge in [-0.2, -0.15) is 0 Å². The number of halogens is 1. The maximum Gasteiger partial charge on any atom is 0.227 e. The van der Waals surface area contributed by atoms with E-state index in [2.05, 4.69) is 5.32 Å². The number of nitrogens with two attached hydrogens (primary N) is 1. The average molecular weight is 357 g/mol. The van der Waals surface area contributed by atoms with Crippen LogP contribution in [0.25, 0.3) is 0 Å². The molecule has 24 heavy (non-hydrogen) atoms. The van der Waals surface area contributed by atoms with Crippen LogP contribution >= 0.6 is 12.4 Å². The minimum absolute atomic E-state index is 0. The number of carbonyl (C=O) groups excluding carboxylic acids is 1. The molecule has 5 heteroatoms. The van der Waals surface area contributed by atoms with Crippen LogP contribution in [0.2, 0.25) is 0 Å². The van der Waals surface area contributed by atoms with Gasteiger partial charge in [-0.25, -0.2) is 0 Å². The lowest BCUT2D eigenvalue weighted by Gasteiger charge is -2.57. The molecule has 138 valence electrons. The van der Waals surface area contributed by atoms with Crippen LogP contribution in [0.5, 0.6) is 0 Å². The molecular formula is C19H33ClN2O2. The van der Waals surface area contributed by atoms with Gasteiger partial charge in [0, 0.05) is 26.3 Å². The molecule has 1 amide bonds. The van der Waals surface area contributed by atoms with Crippen molar-refractivity contribution in [3.63, 3.8) is 0 Å². The molecule has 5 aliphatic rings. The molecule has 0 aromatic heterocycles. The van der Waals surface area contributed by atoms with Crippen molar-refractivity contribution in [1.29, 1.82) is 0 Å². The van der Waals surface area contributed by atoms with E-state index in [9.17, 15) is 4.79 Å². The first-order valence-corrected chi connectivity index (χ1v) is 9.69. The molecule has 5 fully saturated rings. The number of rotatable bonds is 5. The van der Waals surface area contributed by atoms with Crippen molar-refractivity contribution >= 4 is 18.3 Å². The zero-order valence-corrected chi connectivity index (χ0v) is 15.5. The smallest absolute Gasteiger partial charge is 0.227 e. The molecule has 4 nitrogen and oxygen atoms in total. The minimum atomic E-state index is -0.375. The van der Waals surface area contributed by atoms with Gasteiger partial charge in [0.25, 0.3) is 0 Å². The monoisotopic (exact) mass is 356 g/mol. The molecule has 0 aromatic carbocycles. The Bertz CT molecular complexity index is 427. The quantitative estimate of drug-likeness (QED) is 0.796. The summed E-state index contributed by atoms with van der Waals surface area (Å²) in [7, 11) is 0. The summed E-state index contributed by atoms with van der Waals surface area (Å²) in [6.45, 7) is 2.62. The molecule has 0 aromatic rings. The van der Waals surface area contributed by atoms with Gasteiger partial charge in [-0.1, -0.05) is 0 Å². The van der Waals surface area contributed by atoms with Crippen LogP contribution in [0.15, 0.2) is 0 Å². The largest absolute Gasteiger partial charge is 0.381 e. The molecular weight excluding hydrogens is 324 g/mol. The van der Waals surface area contributed by atoms with Crippen LogP contribution in [0, 0.1) is 28.6 Å². The predicted molar refractivity (Wildman–Crippen MR) is 97.0 cm³/mol. The molecule has 1 aliphatic heterocycles. The minimum Gasteiger partial charge on any atom is -0.381 e. The lowest BCUT2D eigenvalue weighted by molar-refractivity contribution is -0.136. The molecule has 0 atom stereocenters. The number of hydrogen-bond acceptors (Lipinski definition) is 3. The number of amides is 1. The second-order valence-electron chi connectivity index (χ2n) is 9.02. The van der Waals surface area contributed by atoms with E-state index >= 15 is 0 Å².